The van der Waals surface area contributed by atoms with Gasteiger partial charge in [0.25, 0.3) is 5.91 Å². The number of nitrogen functional groups attached to an aromatic ring is 1. The van der Waals surface area contributed by atoms with Crippen molar-refractivity contribution >= 4 is 11.6 Å². The minimum Gasteiger partial charge on any atom is -0.352 e. The minimum absolute atomic E-state index is 0.0738. The number of carbonyl (C=O) groups is 1. The molecule has 1 saturated heterocycles. The molecule has 116 valence electrons. The molecule has 1 amide bonds. The second-order valence-electron chi connectivity index (χ2n) is 5.68. The van der Waals surface area contributed by atoms with E-state index >= 15 is 0 Å². The van der Waals surface area contributed by atoms with Crippen molar-refractivity contribution in [3.8, 4) is 0 Å². The Kier molecular flexibility index (Phi) is 6.02. The van der Waals surface area contributed by atoms with Gasteiger partial charge in [-0.1, -0.05) is 18.6 Å². The van der Waals surface area contributed by atoms with Gasteiger partial charge >= 0.3 is 0 Å². The minimum atomic E-state index is -0.0738. The molecule has 0 spiro atoms. The molecule has 21 heavy (non-hydrogen) atoms. The van der Waals surface area contributed by atoms with Crippen molar-refractivity contribution in [3.63, 3.8) is 0 Å². The van der Waals surface area contributed by atoms with Gasteiger partial charge in [-0.2, -0.15) is 0 Å². The number of carbonyl (C=O) groups excluding carboxylic acids is 1. The summed E-state index contributed by atoms with van der Waals surface area (Å²) in [5.74, 6) is 5.35. The van der Waals surface area contributed by atoms with Crippen LogP contribution >= 0.6 is 0 Å². The molecular weight excluding hydrogens is 264 g/mol. The molecule has 0 aromatic heterocycles. The maximum atomic E-state index is 12.1. The smallest absolute Gasteiger partial charge is 0.253 e. The third kappa shape index (κ3) is 4.44. The second-order valence-corrected chi connectivity index (χ2v) is 5.68. The van der Waals surface area contributed by atoms with E-state index in [-0.39, 0.29) is 5.91 Å². The molecule has 0 radical (unpaired) electrons. The highest BCUT2D eigenvalue weighted by molar-refractivity contribution is 5.99. The number of anilines is 1. The van der Waals surface area contributed by atoms with Crippen LogP contribution in [0.15, 0.2) is 24.3 Å². The molecule has 5 heteroatoms. The van der Waals surface area contributed by atoms with Crippen LogP contribution in [0, 0.1) is 0 Å². The third-order valence-electron chi connectivity index (χ3n) is 4.18. The molecule has 1 aromatic rings. The van der Waals surface area contributed by atoms with E-state index < -0.39 is 0 Å². The number of likely N-dealkylation sites (tertiary alicyclic amines) is 1. The first-order chi connectivity index (χ1) is 10.2. The standard InChI is InChI=1S/C16H26N4O/c1-13-7-4-5-11-20(13)12-6-10-18-16(21)14-8-2-3-9-15(14)19-17/h2-3,8-9,13,19H,4-7,10-12,17H2,1H3,(H,18,21). The lowest BCUT2D eigenvalue weighted by molar-refractivity contribution is 0.0949. The highest BCUT2D eigenvalue weighted by Gasteiger charge is 2.17. The van der Waals surface area contributed by atoms with Gasteiger partial charge < -0.3 is 15.6 Å². The Labute approximate surface area is 126 Å². The van der Waals surface area contributed by atoms with Gasteiger partial charge in [0.2, 0.25) is 0 Å². The van der Waals surface area contributed by atoms with Crippen molar-refractivity contribution in [1.29, 1.82) is 0 Å². The van der Waals surface area contributed by atoms with E-state index in [4.69, 9.17) is 5.84 Å². The first-order valence-corrected chi connectivity index (χ1v) is 7.80. The van der Waals surface area contributed by atoms with Crippen molar-refractivity contribution in [2.24, 2.45) is 5.84 Å². The van der Waals surface area contributed by atoms with Gasteiger partial charge in [-0.15, -0.1) is 0 Å². The first-order valence-electron chi connectivity index (χ1n) is 7.80. The topological polar surface area (TPSA) is 70.4 Å². The summed E-state index contributed by atoms with van der Waals surface area (Å²) in [6.45, 7) is 5.23. The van der Waals surface area contributed by atoms with E-state index in [2.05, 4.69) is 22.6 Å². The molecule has 1 aliphatic rings. The van der Waals surface area contributed by atoms with E-state index in [9.17, 15) is 4.79 Å². The fourth-order valence-corrected chi connectivity index (χ4v) is 2.88. The van der Waals surface area contributed by atoms with E-state index in [1.807, 2.05) is 12.1 Å². The zero-order chi connectivity index (χ0) is 15.1. The number of amides is 1. The fourth-order valence-electron chi connectivity index (χ4n) is 2.88. The maximum Gasteiger partial charge on any atom is 0.253 e. The number of rotatable bonds is 6. The lowest BCUT2D eigenvalue weighted by atomic mass is 10.0. The lowest BCUT2D eigenvalue weighted by Crippen LogP contribution is -2.39. The third-order valence-corrected chi connectivity index (χ3v) is 4.18. The molecule has 0 saturated carbocycles. The molecule has 1 aromatic carbocycles. The van der Waals surface area contributed by atoms with Crippen molar-refractivity contribution in [2.45, 2.75) is 38.6 Å². The van der Waals surface area contributed by atoms with Crippen LogP contribution in [0.4, 0.5) is 5.69 Å². The summed E-state index contributed by atoms with van der Waals surface area (Å²) in [4.78, 5) is 14.6. The van der Waals surface area contributed by atoms with Crippen LogP contribution in [0.25, 0.3) is 0 Å². The second kappa shape index (κ2) is 8.00. The van der Waals surface area contributed by atoms with Crippen LogP contribution in [-0.2, 0) is 0 Å². The van der Waals surface area contributed by atoms with Gasteiger partial charge in [-0.05, 0) is 44.9 Å². The molecule has 1 aliphatic heterocycles. The summed E-state index contributed by atoms with van der Waals surface area (Å²) in [6, 6.07) is 7.94. The Morgan fingerprint density at radius 2 is 2.19 bits per heavy atom. The zero-order valence-corrected chi connectivity index (χ0v) is 12.8. The summed E-state index contributed by atoms with van der Waals surface area (Å²) >= 11 is 0. The molecule has 0 bridgehead atoms. The Hall–Kier alpha value is -1.59. The lowest BCUT2D eigenvalue weighted by Gasteiger charge is -2.33. The number of nitrogens with zero attached hydrogens (tertiary/aromatic N) is 1. The number of para-hydroxylation sites is 1. The van der Waals surface area contributed by atoms with Gasteiger partial charge in [0.05, 0.1) is 11.3 Å². The van der Waals surface area contributed by atoms with Crippen LogP contribution < -0.4 is 16.6 Å². The molecule has 1 atom stereocenters. The first kappa shape index (κ1) is 15.8. The van der Waals surface area contributed by atoms with Crippen LogP contribution in [-0.4, -0.2) is 36.5 Å². The predicted molar refractivity (Wildman–Crippen MR) is 86.1 cm³/mol. The quantitative estimate of drug-likeness (QED) is 0.425. The van der Waals surface area contributed by atoms with Gasteiger partial charge in [-0.3, -0.25) is 10.6 Å². The van der Waals surface area contributed by atoms with E-state index in [0.29, 0.717) is 23.8 Å². The van der Waals surface area contributed by atoms with Crippen molar-refractivity contribution in [2.75, 3.05) is 25.1 Å². The molecule has 1 unspecified atom stereocenters. The van der Waals surface area contributed by atoms with Crippen LogP contribution in [0.5, 0.6) is 0 Å². The Morgan fingerprint density at radius 3 is 2.95 bits per heavy atom. The zero-order valence-electron chi connectivity index (χ0n) is 12.8. The number of piperidine rings is 1. The van der Waals surface area contributed by atoms with Crippen molar-refractivity contribution in [3.05, 3.63) is 29.8 Å². The Balaban J connectivity index is 1.74. The fraction of sp³-hybridized carbons (Fsp3) is 0.562. The molecule has 4 N–H and O–H groups in total. The Morgan fingerprint density at radius 1 is 1.38 bits per heavy atom. The summed E-state index contributed by atoms with van der Waals surface area (Å²) in [5, 5.41) is 2.97. The van der Waals surface area contributed by atoms with Crippen LogP contribution in [0.1, 0.15) is 43.0 Å². The molecule has 2 rings (SSSR count). The maximum absolute atomic E-state index is 12.1. The normalized spacial score (nSPS) is 19.2. The highest BCUT2D eigenvalue weighted by atomic mass is 16.1. The largest absolute Gasteiger partial charge is 0.352 e. The number of hydrogen-bond donors (Lipinski definition) is 3. The SMILES string of the molecule is CC1CCCCN1CCCNC(=O)c1ccccc1NN. The van der Waals surface area contributed by atoms with Crippen molar-refractivity contribution < 1.29 is 4.79 Å². The Bertz CT molecular complexity index is 463. The van der Waals surface area contributed by atoms with E-state index in [1.165, 1.54) is 25.8 Å². The van der Waals surface area contributed by atoms with Gasteiger partial charge in [0.1, 0.15) is 0 Å². The average Bonchev–Trinajstić information content (AvgIpc) is 2.52. The van der Waals surface area contributed by atoms with Gasteiger partial charge in [0.15, 0.2) is 0 Å². The number of nitrogens with one attached hydrogen (secondary N) is 2. The van der Waals surface area contributed by atoms with E-state index in [1.54, 1.807) is 12.1 Å². The summed E-state index contributed by atoms with van der Waals surface area (Å²) in [6.07, 6.45) is 4.92. The molecule has 1 heterocycles. The van der Waals surface area contributed by atoms with Gasteiger partial charge in [-0.25, -0.2) is 0 Å². The summed E-state index contributed by atoms with van der Waals surface area (Å²) < 4.78 is 0. The average molecular weight is 290 g/mol. The summed E-state index contributed by atoms with van der Waals surface area (Å²) in [7, 11) is 0. The monoisotopic (exact) mass is 290 g/mol. The number of nitrogens with two attached hydrogens (primary N) is 1. The molecule has 1 fully saturated rings. The number of benzene rings is 1. The van der Waals surface area contributed by atoms with Crippen molar-refractivity contribution in [1.82, 2.24) is 10.2 Å². The number of hydrazine groups is 1. The highest BCUT2D eigenvalue weighted by Crippen LogP contribution is 2.16. The van der Waals surface area contributed by atoms with Crippen LogP contribution in [0.2, 0.25) is 0 Å². The molecule has 5 nitrogen and oxygen atoms in total. The molecular formula is C16H26N4O. The predicted octanol–water partition coefficient (Wildman–Crippen LogP) is 1.97. The van der Waals surface area contributed by atoms with E-state index in [0.717, 1.165) is 13.0 Å². The number of hydrogen-bond acceptors (Lipinski definition) is 4. The van der Waals surface area contributed by atoms with Gasteiger partial charge in [0, 0.05) is 19.1 Å². The van der Waals surface area contributed by atoms with Crippen LogP contribution in [0.3, 0.4) is 0 Å². The molecule has 0 aliphatic carbocycles. The summed E-state index contributed by atoms with van der Waals surface area (Å²) in [5.41, 5.74) is 3.80.